The fraction of sp³-hybridized carbons (Fsp3) is 0.462. The Morgan fingerprint density at radius 3 is 2.44 bits per heavy atom. The zero-order valence-electron chi connectivity index (χ0n) is 10.7. The van der Waals surface area contributed by atoms with Crippen LogP contribution in [0, 0.1) is 0 Å². The molecule has 0 heterocycles. The summed E-state index contributed by atoms with van der Waals surface area (Å²) in [6.45, 7) is 0.670. The molecule has 0 atom stereocenters. The molecule has 0 unspecified atom stereocenters. The fourth-order valence-electron chi connectivity index (χ4n) is 1.86. The molecule has 0 aliphatic rings. The number of ether oxygens (including phenoxy) is 2. The third kappa shape index (κ3) is 3.23. The second-order valence-electron chi connectivity index (χ2n) is 3.86. The lowest BCUT2D eigenvalue weighted by atomic mass is 10.0. The third-order valence-electron chi connectivity index (χ3n) is 2.73. The highest BCUT2D eigenvalue weighted by atomic mass is 79.9. The lowest BCUT2D eigenvalue weighted by Gasteiger charge is -2.16. The predicted molar refractivity (Wildman–Crippen MR) is 74.6 cm³/mol. The van der Waals surface area contributed by atoms with E-state index in [-0.39, 0.29) is 0 Å². The summed E-state index contributed by atoms with van der Waals surface area (Å²) in [5.74, 6) is 1.10. The van der Waals surface area contributed by atoms with E-state index in [1.165, 1.54) is 7.11 Å². The topological polar surface area (TPSA) is 61.5 Å². The third-order valence-corrected chi connectivity index (χ3v) is 3.44. The maximum Gasteiger partial charge on any atom is 0.171 e. The molecule has 0 fully saturated rings. The van der Waals surface area contributed by atoms with E-state index in [9.17, 15) is 4.79 Å². The summed E-state index contributed by atoms with van der Waals surface area (Å²) in [5.41, 5.74) is 6.97. The van der Waals surface area contributed by atoms with Gasteiger partial charge in [-0.2, -0.15) is 0 Å². The van der Waals surface area contributed by atoms with Crippen LogP contribution in [0.2, 0.25) is 0 Å². The fourth-order valence-corrected chi connectivity index (χ4v) is 2.48. The Morgan fingerprint density at radius 2 is 1.94 bits per heavy atom. The molecule has 5 heteroatoms. The van der Waals surface area contributed by atoms with Gasteiger partial charge in [0.05, 0.1) is 19.8 Å². The van der Waals surface area contributed by atoms with Gasteiger partial charge in [0.2, 0.25) is 0 Å². The van der Waals surface area contributed by atoms with E-state index in [0.29, 0.717) is 23.6 Å². The van der Waals surface area contributed by atoms with Crippen molar-refractivity contribution in [2.75, 3.05) is 20.8 Å². The number of rotatable bonds is 7. The van der Waals surface area contributed by atoms with E-state index in [1.807, 2.05) is 0 Å². The van der Waals surface area contributed by atoms with Gasteiger partial charge in [-0.15, -0.1) is 0 Å². The number of benzene rings is 1. The summed E-state index contributed by atoms with van der Waals surface area (Å²) < 4.78 is 11.5. The van der Waals surface area contributed by atoms with Crippen LogP contribution in [0.5, 0.6) is 11.5 Å². The highest BCUT2D eigenvalue weighted by Gasteiger charge is 2.18. The van der Waals surface area contributed by atoms with Crippen LogP contribution in [-0.4, -0.2) is 27.1 Å². The summed E-state index contributed by atoms with van der Waals surface area (Å²) in [5, 5.41) is 0. The average molecular weight is 316 g/mol. The van der Waals surface area contributed by atoms with Crippen LogP contribution in [0.1, 0.15) is 28.8 Å². The van der Waals surface area contributed by atoms with Gasteiger partial charge < -0.3 is 15.2 Å². The number of nitrogens with two attached hydrogens (primary N) is 1. The van der Waals surface area contributed by atoms with Crippen LogP contribution in [0.3, 0.4) is 0 Å². The first-order chi connectivity index (χ1) is 8.69. The van der Waals surface area contributed by atoms with Crippen molar-refractivity contribution in [1.82, 2.24) is 0 Å². The number of methoxy groups -OCH3 is 2. The molecule has 0 aliphatic carbocycles. The van der Waals surface area contributed by atoms with Gasteiger partial charge in [-0.3, -0.25) is 4.79 Å². The summed E-state index contributed by atoms with van der Waals surface area (Å²) in [7, 11) is 3.10. The molecule has 1 rings (SSSR count). The Labute approximate surface area is 116 Å². The van der Waals surface area contributed by atoms with Crippen molar-refractivity contribution in [1.29, 1.82) is 0 Å². The molecule has 0 spiro atoms. The van der Waals surface area contributed by atoms with Crippen LogP contribution in [0.4, 0.5) is 0 Å². The number of aldehydes is 1. The standard InChI is InChI=1S/C13H18BrNO3/c1-17-12-9(8-16)7-11(14)10(13(12)18-2)5-3-4-6-15/h7-8H,3-6,15H2,1-2H3. The quantitative estimate of drug-likeness (QED) is 0.620. The van der Waals surface area contributed by atoms with E-state index < -0.39 is 0 Å². The van der Waals surface area contributed by atoms with Crippen molar-refractivity contribution in [3.05, 3.63) is 21.7 Å². The predicted octanol–water partition coefficient (Wildman–Crippen LogP) is 2.56. The monoisotopic (exact) mass is 315 g/mol. The van der Waals surface area contributed by atoms with Crippen molar-refractivity contribution in [2.45, 2.75) is 19.3 Å². The maximum atomic E-state index is 11.0. The Balaban J connectivity index is 3.18. The van der Waals surface area contributed by atoms with E-state index in [4.69, 9.17) is 15.2 Å². The van der Waals surface area contributed by atoms with Gasteiger partial charge >= 0.3 is 0 Å². The van der Waals surface area contributed by atoms with Crippen LogP contribution in [0.25, 0.3) is 0 Å². The molecule has 2 N–H and O–H groups in total. The van der Waals surface area contributed by atoms with Crippen LogP contribution in [0.15, 0.2) is 10.5 Å². The normalized spacial score (nSPS) is 10.2. The van der Waals surface area contributed by atoms with Gasteiger partial charge in [0.15, 0.2) is 17.8 Å². The van der Waals surface area contributed by atoms with Crippen LogP contribution in [-0.2, 0) is 6.42 Å². The average Bonchev–Trinajstić information content (AvgIpc) is 2.39. The van der Waals surface area contributed by atoms with E-state index in [1.54, 1.807) is 13.2 Å². The van der Waals surface area contributed by atoms with Gasteiger partial charge in [0.25, 0.3) is 0 Å². The smallest absolute Gasteiger partial charge is 0.171 e. The Kier molecular flexibility index (Phi) is 6.15. The first-order valence-corrected chi connectivity index (χ1v) is 6.57. The highest BCUT2D eigenvalue weighted by molar-refractivity contribution is 9.10. The molecule has 0 saturated carbocycles. The lowest BCUT2D eigenvalue weighted by Crippen LogP contribution is -2.03. The Bertz CT molecular complexity index is 421. The number of hydrogen-bond acceptors (Lipinski definition) is 4. The van der Waals surface area contributed by atoms with Crippen molar-refractivity contribution >= 4 is 22.2 Å². The minimum absolute atomic E-state index is 0.476. The molecule has 1 aromatic carbocycles. The molecule has 18 heavy (non-hydrogen) atoms. The molecule has 0 radical (unpaired) electrons. The summed E-state index contributed by atoms with van der Waals surface area (Å²) in [4.78, 5) is 11.0. The van der Waals surface area contributed by atoms with E-state index in [2.05, 4.69) is 15.9 Å². The molecule has 0 aromatic heterocycles. The second-order valence-corrected chi connectivity index (χ2v) is 4.71. The largest absolute Gasteiger partial charge is 0.493 e. The zero-order chi connectivity index (χ0) is 13.5. The number of unbranched alkanes of at least 4 members (excludes halogenated alkanes) is 1. The van der Waals surface area contributed by atoms with Gasteiger partial charge in [-0.1, -0.05) is 15.9 Å². The van der Waals surface area contributed by atoms with Gasteiger partial charge in [0.1, 0.15) is 0 Å². The van der Waals surface area contributed by atoms with Crippen molar-refractivity contribution in [3.8, 4) is 11.5 Å². The molecule has 0 saturated heterocycles. The minimum Gasteiger partial charge on any atom is -0.493 e. The lowest BCUT2D eigenvalue weighted by molar-refractivity contribution is 0.112. The molecule has 100 valence electrons. The first-order valence-electron chi connectivity index (χ1n) is 5.78. The van der Waals surface area contributed by atoms with E-state index >= 15 is 0 Å². The number of carbonyl (C=O) groups is 1. The molecular weight excluding hydrogens is 298 g/mol. The molecule has 1 aromatic rings. The molecule has 4 nitrogen and oxygen atoms in total. The zero-order valence-corrected chi connectivity index (χ0v) is 12.2. The van der Waals surface area contributed by atoms with Crippen molar-refractivity contribution in [3.63, 3.8) is 0 Å². The van der Waals surface area contributed by atoms with Crippen molar-refractivity contribution in [2.24, 2.45) is 5.73 Å². The molecule has 0 bridgehead atoms. The SMILES string of the molecule is COc1c(C=O)cc(Br)c(CCCCN)c1OC. The molecular formula is C13H18BrNO3. The first kappa shape index (κ1) is 15.0. The number of carbonyl (C=O) groups excluding carboxylic acids is 1. The summed E-state index contributed by atoms with van der Waals surface area (Å²) in [6.07, 6.45) is 3.51. The molecule has 0 aliphatic heterocycles. The summed E-state index contributed by atoms with van der Waals surface area (Å²) in [6, 6.07) is 1.76. The highest BCUT2D eigenvalue weighted by Crippen LogP contribution is 2.39. The minimum atomic E-state index is 0.476. The van der Waals surface area contributed by atoms with Crippen LogP contribution >= 0.6 is 15.9 Å². The van der Waals surface area contributed by atoms with E-state index in [0.717, 1.165) is 35.6 Å². The Morgan fingerprint density at radius 1 is 1.28 bits per heavy atom. The van der Waals surface area contributed by atoms with Gasteiger partial charge in [-0.05, 0) is 31.9 Å². The maximum absolute atomic E-state index is 11.0. The van der Waals surface area contributed by atoms with Gasteiger partial charge in [0, 0.05) is 10.0 Å². The summed E-state index contributed by atoms with van der Waals surface area (Å²) >= 11 is 3.47. The van der Waals surface area contributed by atoms with Crippen molar-refractivity contribution < 1.29 is 14.3 Å². The number of halogens is 1. The number of hydrogen-bond donors (Lipinski definition) is 1. The molecule has 0 amide bonds. The Hall–Kier alpha value is -1.07. The van der Waals surface area contributed by atoms with Gasteiger partial charge in [-0.25, -0.2) is 0 Å². The van der Waals surface area contributed by atoms with Crippen LogP contribution < -0.4 is 15.2 Å². The second kappa shape index (κ2) is 7.38.